The number of pyridine rings is 1. The highest BCUT2D eigenvalue weighted by Gasteiger charge is 2.19. The Hall–Kier alpha value is -1.46. The van der Waals surface area contributed by atoms with E-state index in [2.05, 4.69) is 25.5 Å². The van der Waals surface area contributed by atoms with Gasteiger partial charge in [-0.3, -0.25) is 10.1 Å². The van der Waals surface area contributed by atoms with E-state index in [-0.39, 0.29) is 12.4 Å². The van der Waals surface area contributed by atoms with Crippen molar-refractivity contribution in [1.82, 2.24) is 25.5 Å². The first-order chi connectivity index (χ1) is 8.83. The lowest BCUT2D eigenvalue weighted by Crippen LogP contribution is -2.27. The molecule has 0 aromatic carbocycles. The lowest BCUT2D eigenvalue weighted by atomic mass is 9.98. The van der Waals surface area contributed by atoms with Crippen molar-refractivity contribution >= 4 is 12.4 Å². The third-order valence-electron chi connectivity index (χ3n) is 3.37. The van der Waals surface area contributed by atoms with Crippen LogP contribution in [0.2, 0.25) is 0 Å². The highest BCUT2D eigenvalue weighted by Crippen LogP contribution is 2.23. The third-order valence-corrected chi connectivity index (χ3v) is 3.37. The molecule has 0 unspecified atom stereocenters. The molecule has 5 nitrogen and oxygen atoms in total. The van der Waals surface area contributed by atoms with E-state index >= 15 is 0 Å². The van der Waals surface area contributed by atoms with Gasteiger partial charge >= 0.3 is 0 Å². The van der Waals surface area contributed by atoms with Crippen molar-refractivity contribution in [1.29, 1.82) is 0 Å². The Balaban J connectivity index is 0.00000133. The van der Waals surface area contributed by atoms with Gasteiger partial charge in [-0.05, 0) is 44.5 Å². The fourth-order valence-corrected chi connectivity index (χ4v) is 2.27. The number of piperidine rings is 1. The molecule has 0 aliphatic carbocycles. The first-order valence-electron chi connectivity index (χ1n) is 6.39. The van der Waals surface area contributed by atoms with Crippen molar-refractivity contribution in [2.75, 3.05) is 13.1 Å². The molecule has 0 bridgehead atoms. The zero-order valence-electron chi connectivity index (χ0n) is 10.9. The van der Waals surface area contributed by atoms with Gasteiger partial charge in [-0.25, -0.2) is 4.98 Å². The lowest BCUT2D eigenvalue weighted by Gasteiger charge is -2.19. The summed E-state index contributed by atoms with van der Waals surface area (Å²) in [5.41, 5.74) is 1.98. The fourth-order valence-electron chi connectivity index (χ4n) is 2.27. The smallest absolute Gasteiger partial charge is 0.199 e. The summed E-state index contributed by atoms with van der Waals surface area (Å²) in [7, 11) is 0. The number of aromatic amines is 1. The van der Waals surface area contributed by atoms with Gasteiger partial charge < -0.3 is 5.32 Å². The Morgan fingerprint density at radius 1 is 1.21 bits per heavy atom. The Labute approximate surface area is 118 Å². The van der Waals surface area contributed by atoms with Crippen LogP contribution in [0.4, 0.5) is 0 Å². The largest absolute Gasteiger partial charge is 0.317 e. The van der Waals surface area contributed by atoms with Crippen molar-refractivity contribution in [3.8, 4) is 11.5 Å². The molecule has 1 saturated heterocycles. The maximum atomic E-state index is 4.58. The molecule has 3 rings (SSSR count). The van der Waals surface area contributed by atoms with E-state index in [1.54, 1.807) is 0 Å². The highest BCUT2D eigenvalue weighted by molar-refractivity contribution is 5.85. The fraction of sp³-hybridized carbons (Fsp3) is 0.462. The van der Waals surface area contributed by atoms with Crippen LogP contribution in [0.1, 0.15) is 30.1 Å². The molecule has 1 aliphatic heterocycles. The van der Waals surface area contributed by atoms with Crippen LogP contribution in [0.5, 0.6) is 0 Å². The van der Waals surface area contributed by atoms with Crippen LogP contribution in [0.3, 0.4) is 0 Å². The molecule has 102 valence electrons. The molecular formula is C13H18ClN5. The summed E-state index contributed by atoms with van der Waals surface area (Å²) in [6.45, 7) is 4.14. The number of rotatable bonds is 2. The SMILES string of the molecule is Cc1ccc(-c2n[nH]c(C3CCNCC3)n2)nc1.Cl. The second-order valence-corrected chi connectivity index (χ2v) is 4.79. The average molecular weight is 280 g/mol. The van der Waals surface area contributed by atoms with Gasteiger partial charge in [0.05, 0.1) is 0 Å². The lowest BCUT2D eigenvalue weighted by molar-refractivity contribution is 0.446. The van der Waals surface area contributed by atoms with Crippen LogP contribution in [0.15, 0.2) is 18.3 Å². The molecule has 3 heterocycles. The van der Waals surface area contributed by atoms with Crippen LogP contribution in [-0.2, 0) is 0 Å². The maximum Gasteiger partial charge on any atom is 0.199 e. The molecule has 0 atom stereocenters. The predicted octanol–water partition coefficient (Wildman–Crippen LogP) is 2.06. The second kappa shape index (κ2) is 6.12. The Morgan fingerprint density at radius 2 is 2.00 bits per heavy atom. The summed E-state index contributed by atoms with van der Waals surface area (Å²) in [6.07, 6.45) is 4.09. The van der Waals surface area contributed by atoms with Crippen molar-refractivity contribution in [3.05, 3.63) is 29.7 Å². The minimum Gasteiger partial charge on any atom is -0.317 e. The zero-order valence-corrected chi connectivity index (χ0v) is 11.7. The van der Waals surface area contributed by atoms with Gasteiger partial charge in [-0.1, -0.05) is 6.07 Å². The molecule has 1 aliphatic rings. The number of hydrogen-bond acceptors (Lipinski definition) is 4. The molecular weight excluding hydrogens is 262 g/mol. The molecule has 0 saturated carbocycles. The predicted molar refractivity (Wildman–Crippen MR) is 76.4 cm³/mol. The summed E-state index contributed by atoms with van der Waals surface area (Å²) in [5.74, 6) is 2.19. The molecule has 0 amide bonds. The van der Waals surface area contributed by atoms with E-state index in [1.807, 2.05) is 25.3 Å². The molecule has 2 aromatic heterocycles. The van der Waals surface area contributed by atoms with E-state index in [9.17, 15) is 0 Å². The highest BCUT2D eigenvalue weighted by atomic mass is 35.5. The van der Waals surface area contributed by atoms with Crippen molar-refractivity contribution in [2.24, 2.45) is 0 Å². The first-order valence-corrected chi connectivity index (χ1v) is 6.39. The minimum atomic E-state index is 0. The number of nitrogens with zero attached hydrogens (tertiary/aromatic N) is 3. The van der Waals surface area contributed by atoms with Crippen LogP contribution in [-0.4, -0.2) is 33.3 Å². The van der Waals surface area contributed by atoms with Gasteiger partial charge in [-0.15, -0.1) is 12.4 Å². The molecule has 1 fully saturated rings. The van der Waals surface area contributed by atoms with Crippen LogP contribution in [0.25, 0.3) is 11.5 Å². The maximum absolute atomic E-state index is 4.58. The molecule has 6 heteroatoms. The number of aryl methyl sites for hydroxylation is 1. The Bertz CT molecular complexity index is 516. The van der Waals surface area contributed by atoms with Gasteiger partial charge in [0.1, 0.15) is 11.5 Å². The average Bonchev–Trinajstić information content (AvgIpc) is 2.90. The van der Waals surface area contributed by atoms with E-state index in [0.29, 0.717) is 11.7 Å². The number of aromatic nitrogens is 4. The van der Waals surface area contributed by atoms with E-state index in [4.69, 9.17) is 0 Å². The van der Waals surface area contributed by atoms with Gasteiger partial charge in [0.25, 0.3) is 0 Å². The van der Waals surface area contributed by atoms with Crippen molar-refractivity contribution < 1.29 is 0 Å². The second-order valence-electron chi connectivity index (χ2n) is 4.79. The number of nitrogens with one attached hydrogen (secondary N) is 2. The normalized spacial score (nSPS) is 16.1. The van der Waals surface area contributed by atoms with E-state index < -0.39 is 0 Å². The van der Waals surface area contributed by atoms with Crippen molar-refractivity contribution in [3.63, 3.8) is 0 Å². The topological polar surface area (TPSA) is 66.5 Å². The van der Waals surface area contributed by atoms with Gasteiger partial charge in [-0.2, -0.15) is 5.10 Å². The molecule has 0 spiro atoms. The zero-order chi connectivity index (χ0) is 12.4. The molecule has 2 aromatic rings. The Morgan fingerprint density at radius 3 is 2.68 bits per heavy atom. The van der Waals surface area contributed by atoms with Gasteiger partial charge in [0.2, 0.25) is 0 Å². The van der Waals surface area contributed by atoms with Crippen molar-refractivity contribution in [2.45, 2.75) is 25.7 Å². The molecule has 19 heavy (non-hydrogen) atoms. The summed E-state index contributed by atoms with van der Waals surface area (Å²) < 4.78 is 0. The van der Waals surface area contributed by atoms with Crippen LogP contribution >= 0.6 is 12.4 Å². The number of H-pyrrole nitrogens is 1. The molecule has 2 N–H and O–H groups in total. The van der Waals surface area contributed by atoms with E-state index in [1.165, 1.54) is 0 Å². The molecule has 0 radical (unpaired) electrons. The standard InChI is InChI=1S/C13H17N5.ClH/c1-9-2-3-11(15-8-9)13-16-12(17-18-13)10-4-6-14-7-5-10;/h2-3,8,10,14H,4-7H2,1H3,(H,16,17,18);1H. The summed E-state index contributed by atoms with van der Waals surface area (Å²) in [6, 6.07) is 3.99. The van der Waals surface area contributed by atoms with Gasteiger partial charge in [0.15, 0.2) is 5.82 Å². The van der Waals surface area contributed by atoms with Crippen LogP contribution < -0.4 is 5.32 Å². The van der Waals surface area contributed by atoms with Gasteiger partial charge in [0, 0.05) is 12.1 Å². The third kappa shape index (κ3) is 3.11. The summed E-state index contributed by atoms with van der Waals surface area (Å²) in [4.78, 5) is 8.93. The summed E-state index contributed by atoms with van der Waals surface area (Å²) in [5, 5.41) is 10.7. The Kier molecular flexibility index (Phi) is 4.50. The number of hydrogen-bond donors (Lipinski definition) is 2. The number of halogens is 1. The first kappa shape index (κ1) is 14.0. The minimum absolute atomic E-state index is 0. The quantitative estimate of drug-likeness (QED) is 0.883. The monoisotopic (exact) mass is 279 g/mol. The van der Waals surface area contributed by atoms with E-state index in [0.717, 1.165) is 43.0 Å². The van der Waals surface area contributed by atoms with Crippen LogP contribution in [0, 0.1) is 6.92 Å². The summed E-state index contributed by atoms with van der Waals surface area (Å²) >= 11 is 0.